The Balaban J connectivity index is -0.000000105. The smallest absolute Gasteiger partial charge is 0.550 e. The van der Waals surface area contributed by atoms with Gasteiger partial charge in [0.1, 0.15) is 5.41 Å². The van der Waals surface area contributed by atoms with Crippen molar-refractivity contribution >= 4 is 17.9 Å². The van der Waals surface area contributed by atoms with Gasteiger partial charge in [-0.15, -0.1) is 19.7 Å². The van der Waals surface area contributed by atoms with Gasteiger partial charge < -0.3 is 20.1 Å². The van der Waals surface area contributed by atoms with Gasteiger partial charge in [0.05, 0.1) is 0 Å². The Bertz CT molecular complexity index is 293. The van der Waals surface area contributed by atoms with Gasteiger partial charge in [-0.05, 0) is 6.92 Å². The number of carboxylic acid groups (broad SMARTS) is 3. The molecule has 0 heterocycles. The summed E-state index contributed by atoms with van der Waals surface area (Å²) >= 11 is 0. The first-order valence-electron chi connectivity index (χ1n) is 4.60. The first-order chi connectivity index (χ1) is 8.09. The summed E-state index contributed by atoms with van der Waals surface area (Å²) in [5.41, 5.74) is -1.17. The predicted molar refractivity (Wildman–Crippen MR) is 64.7 cm³/mol. The van der Waals surface area contributed by atoms with E-state index in [-0.39, 0.29) is 17.1 Å². The van der Waals surface area contributed by atoms with Gasteiger partial charge in [0.25, 0.3) is 5.97 Å². The van der Waals surface area contributed by atoms with Crippen LogP contribution in [0, 0.1) is 5.41 Å². The van der Waals surface area contributed by atoms with E-state index in [0.717, 1.165) is 13.8 Å². The van der Waals surface area contributed by atoms with Gasteiger partial charge >= 0.3 is 23.0 Å². The van der Waals surface area contributed by atoms with Crippen molar-refractivity contribution in [3.63, 3.8) is 0 Å². The molecule has 112 valence electrons. The molecule has 0 spiro atoms. The number of aliphatic carboxylic acids is 3. The maximum absolute atomic E-state index is 10.5. The van der Waals surface area contributed by atoms with Crippen molar-refractivity contribution in [1.82, 2.24) is 0 Å². The van der Waals surface area contributed by atoms with Crippen LogP contribution in [0.4, 0.5) is 0 Å². The number of carbonyl (C=O) groups excluding carboxylic acids is 1. The fourth-order valence-corrected chi connectivity index (χ4v) is 0.512. The molecule has 0 aliphatic heterocycles. The number of hydrogen-bond acceptors (Lipinski definition) is 4. The van der Waals surface area contributed by atoms with Crippen LogP contribution < -0.4 is 5.11 Å². The van der Waals surface area contributed by atoms with Gasteiger partial charge in [0, 0.05) is 12.9 Å². The van der Waals surface area contributed by atoms with Crippen LogP contribution in [0.5, 0.6) is 0 Å². The summed E-state index contributed by atoms with van der Waals surface area (Å²) in [6.07, 6.45) is 3.86. The minimum Gasteiger partial charge on any atom is -0.550 e. The summed E-state index contributed by atoms with van der Waals surface area (Å²) in [6, 6.07) is 0. The zero-order valence-electron chi connectivity index (χ0n) is 10.7. The topological polar surface area (TPSA) is 115 Å². The average Bonchev–Trinajstić information content (AvgIpc) is 2.19. The molecule has 0 amide bonds. The van der Waals surface area contributed by atoms with E-state index >= 15 is 0 Å². The van der Waals surface area contributed by atoms with Gasteiger partial charge in [-0.2, -0.15) is 0 Å². The van der Waals surface area contributed by atoms with E-state index in [4.69, 9.17) is 24.9 Å². The van der Waals surface area contributed by atoms with Gasteiger partial charge in [-0.25, -0.2) is 0 Å². The third-order valence-corrected chi connectivity index (χ3v) is 1.38. The summed E-state index contributed by atoms with van der Waals surface area (Å²) in [5, 5.41) is 24.9. The third-order valence-electron chi connectivity index (χ3n) is 1.38. The Morgan fingerprint density at radius 3 is 1.16 bits per heavy atom. The van der Waals surface area contributed by atoms with Crippen LogP contribution in [-0.2, 0) is 31.5 Å². The monoisotopic (exact) mass is 320 g/mol. The quantitative estimate of drug-likeness (QED) is 0.574. The summed E-state index contributed by atoms with van der Waals surface area (Å²) in [6.45, 7) is 12.2. The van der Waals surface area contributed by atoms with E-state index in [1.54, 1.807) is 0 Å². The first-order valence-corrected chi connectivity index (χ1v) is 4.60. The van der Waals surface area contributed by atoms with Gasteiger partial charge in [-0.1, -0.05) is 18.2 Å². The van der Waals surface area contributed by atoms with Crippen LogP contribution in [0.15, 0.2) is 38.0 Å². The van der Waals surface area contributed by atoms with Crippen LogP contribution in [0.2, 0.25) is 0 Å². The molecule has 0 saturated carbocycles. The van der Waals surface area contributed by atoms with Crippen LogP contribution in [0.1, 0.15) is 13.8 Å². The average molecular weight is 321 g/mol. The van der Waals surface area contributed by atoms with Crippen molar-refractivity contribution < 1.29 is 46.8 Å². The number of rotatable bonds is 4. The van der Waals surface area contributed by atoms with Crippen LogP contribution in [-0.4, -0.2) is 28.1 Å². The first kappa shape index (κ1) is 25.9. The second kappa shape index (κ2) is 14.2. The minimum absolute atomic E-state index is 0. The molecule has 19 heavy (non-hydrogen) atoms. The van der Waals surface area contributed by atoms with Crippen LogP contribution in [0.25, 0.3) is 0 Å². The molecule has 0 saturated heterocycles. The molecule has 0 fully saturated rings. The van der Waals surface area contributed by atoms with E-state index in [0.29, 0.717) is 0 Å². The fraction of sp³-hybridized carbons (Fsp3) is 0.250. The van der Waals surface area contributed by atoms with Crippen LogP contribution in [0.3, 0.4) is 0 Å². The zero-order valence-corrected chi connectivity index (χ0v) is 11.6. The van der Waals surface area contributed by atoms with E-state index in [1.807, 2.05) is 0 Å². The molecule has 0 rings (SSSR count). The fourth-order valence-electron chi connectivity index (χ4n) is 0.512. The SMILES string of the molecule is C=CC(C=C)(C=C)C(=O)O.CC(=O)O.CC(=O)[O-].[Cu+]. The molecule has 0 aromatic carbocycles. The minimum atomic E-state index is -1.17. The maximum atomic E-state index is 10.5. The molecule has 0 aromatic heterocycles. The number of carboxylic acids is 3. The predicted octanol–water partition coefficient (Wildman–Crippen LogP) is 0.460. The molecule has 7 heteroatoms. The molecule has 0 bridgehead atoms. The number of carbonyl (C=O) groups is 3. The Morgan fingerprint density at radius 1 is 1.00 bits per heavy atom. The Hall–Kier alpha value is -1.85. The summed E-state index contributed by atoms with van der Waals surface area (Å²) < 4.78 is 0. The molecule has 6 nitrogen and oxygen atoms in total. The molecule has 0 unspecified atom stereocenters. The zero-order chi connectivity index (χ0) is 15.4. The molecule has 0 aromatic rings. The summed E-state index contributed by atoms with van der Waals surface area (Å²) in [5.74, 6) is -2.92. The van der Waals surface area contributed by atoms with Crippen LogP contribution >= 0.6 is 0 Å². The molecule has 0 atom stereocenters. The van der Waals surface area contributed by atoms with Crippen molar-refractivity contribution in [2.24, 2.45) is 5.41 Å². The summed E-state index contributed by atoms with van der Waals surface area (Å²) in [7, 11) is 0. The van der Waals surface area contributed by atoms with E-state index < -0.39 is 23.3 Å². The molecular weight excluding hydrogens is 304 g/mol. The van der Waals surface area contributed by atoms with E-state index in [2.05, 4.69) is 19.7 Å². The van der Waals surface area contributed by atoms with Crippen molar-refractivity contribution in [3.05, 3.63) is 38.0 Å². The second-order valence-corrected chi connectivity index (χ2v) is 2.86. The summed E-state index contributed by atoms with van der Waals surface area (Å²) in [4.78, 5) is 28.4. The normalized spacial score (nSPS) is 7.89. The number of hydrogen-bond donors (Lipinski definition) is 2. The van der Waals surface area contributed by atoms with E-state index in [9.17, 15) is 4.79 Å². The molecule has 0 aliphatic rings. The largest absolute Gasteiger partial charge is 1.00 e. The molecule has 0 radical (unpaired) electrons. The maximum Gasteiger partial charge on any atom is 1.00 e. The van der Waals surface area contributed by atoms with Crippen molar-refractivity contribution in [2.75, 3.05) is 0 Å². The third kappa shape index (κ3) is 18.7. The van der Waals surface area contributed by atoms with Crippen molar-refractivity contribution in [1.29, 1.82) is 0 Å². The van der Waals surface area contributed by atoms with Gasteiger partial charge in [-0.3, -0.25) is 9.59 Å². The van der Waals surface area contributed by atoms with Gasteiger partial charge in [0.15, 0.2) is 0 Å². The molecular formula is C12H17CuO6. The Morgan fingerprint density at radius 2 is 1.16 bits per heavy atom. The Kier molecular flexibility index (Phi) is 19.3. The van der Waals surface area contributed by atoms with Crippen molar-refractivity contribution in [2.45, 2.75) is 13.8 Å². The molecule has 2 N–H and O–H groups in total. The Labute approximate surface area is 122 Å². The van der Waals surface area contributed by atoms with E-state index in [1.165, 1.54) is 18.2 Å². The standard InChI is InChI=1S/C8H10O2.2C2H4O2.Cu/c1-4-8(5-2,6-3)7(9)10;2*1-2(3)4;/h4-6H,1-3H2,(H,9,10);2*1H3,(H,3,4);/q;;;+1/p-1. The second-order valence-electron chi connectivity index (χ2n) is 2.86. The molecule has 0 aliphatic carbocycles. The van der Waals surface area contributed by atoms with Crippen molar-refractivity contribution in [3.8, 4) is 0 Å². The van der Waals surface area contributed by atoms with Gasteiger partial charge in [0.2, 0.25) is 0 Å².